The monoisotopic (exact) mass is 333 g/mol. The van der Waals surface area contributed by atoms with Crippen molar-refractivity contribution in [3.63, 3.8) is 0 Å². The topological polar surface area (TPSA) is 61.9 Å². The molecule has 24 heavy (non-hydrogen) atoms. The lowest BCUT2D eigenvalue weighted by atomic mass is 10.0. The molecular formula is C18H27N3O3. The second-order valence-corrected chi connectivity index (χ2v) is 7.26. The summed E-state index contributed by atoms with van der Waals surface area (Å²) >= 11 is 0. The van der Waals surface area contributed by atoms with Gasteiger partial charge in [-0.3, -0.25) is 4.79 Å². The first-order chi connectivity index (χ1) is 11.2. The molecule has 1 aromatic carbocycles. The Balaban J connectivity index is 2.11. The first-order valence-electron chi connectivity index (χ1n) is 8.20. The highest BCUT2D eigenvalue weighted by molar-refractivity contribution is 5.94. The van der Waals surface area contributed by atoms with Gasteiger partial charge in [-0.1, -0.05) is 12.1 Å². The van der Waals surface area contributed by atoms with Crippen LogP contribution in [0.1, 0.15) is 42.7 Å². The smallest absolute Gasteiger partial charge is 0.410 e. The van der Waals surface area contributed by atoms with Gasteiger partial charge in [0.2, 0.25) is 0 Å². The number of amides is 2. The summed E-state index contributed by atoms with van der Waals surface area (Å²) in [4.78, 5) is 27.7. The standard InChI is InChI=1S/C18H27N3O3/c1-18(2,3)24-17(23)21-10-9-19-15(12-21)13-7-6-8-14(11-13)16(22)20(4)5/h6-8,11,15,19H,9-10,12H2,1-5H3/t15-/m0/s1. The molecule has 0 unspecified atom stereocenters. The van der Waals surface area contributed by atoms with Gasteiger partial charge in [-0.25, -0.2) is 4.79 Å². The van der Waals surface area contributed by atoms with Crippen LogP contribution in [0, 0.1) is 0 Å². The van der Waals surface area contributed by atoms with Crippen LogP contribution in [0.25, 0.3) is 0 Å². The number of benzene rings is 1. The second-order valence-electron chi connectivity index (χ2n) is 7.26. The number of piperazine rings is 1. The third-order valence-electron chi connectivity index (χ3n) is 3.77. The summed E-state index contributed by atoms with van der Waals surface area (Å²) in [6.45, 7) is 7.41. The van der Waals surface area contributed by atoms with Crippen molar-refractivity contribution in [2.24, 2.45) is 0 Å². The maximum atomic E-state index is 12.3. The molecule has 1 atom stereocenters. The normalized spacial score (nSPS) is 18.2. The molecule has 1 fully saturated rings. The first kappa shape index (κ1) is 18.3. The van der Waals surface area contributed by atoms with Gasteiger partial charge in [-0.15, -0.1) is 0 Å². The lowest BCUT2D eigenvalue weighted by molar-refractivity contribution is 0.0195. The van der Waals surface area contributed by atoms with Crippen LogP contribution in [-0.4, -0.2) is 61.1 Å². The zero-order valence-electron chi connectivity index (χ0n) is 15.1. The highest BCUT2D eigenvalue weighted by Crippen LogP contribution is 2.20. The van der Waals surface area contributed by atoms with E-state index in [4.69, 9.17) is 4.74 Å². The molecule has 1 saturated heterocycles. The van der Waals surface area contributed by atoms with Crippen molar-refractivity contribution in [1.29, 1.82) is 0 Å². The van der Waals surface area contributed by atoms with Crippen LogP contribution in [0.15, 0.2) is 24.3 Å². The summed E-state index contributed by atoms with van der Waals surface area (Å²) in [5.41, 5.74) is 1.14. The summed E-state index contributed by atoms with van der Waals surface area (Å²) < 4.78 is 5.45. The minimum atomic E-state index is -0.504. The summed E-state index contributed by atoms with van der Waals surface area (Å²) in [5, 5.41) is 3.40. The molecule has 1 aliphatic rings. The molecule has 2 rings (SSSR count). The van der Waals surface area contributed by atoms with E-state index in [1.807, 2.05) is 39.0 Å². The van der Waals surface area contributed by atoms with Crippen molar-refractivity contribution >= 4 is 12.0 Å². The van der Waals surface area contributed by atoms with E-state index >= 15 is 0 Å². The number of carbonyl (C=O) groups is 2. The van der Waals surface area contributed by atoms with Crippen LogP contribution in [-0.2, 0) is 4.74 Å². The predicted molar refractivity (Wildman–Crippen MR) is 93.0 cm³/mol. The van der Waals surface area contributed by atoms with Crippen molar-refractivity contribution in [2.75, 3.05) is 33.7 Å². The fourth-order valence-electron chi connectivity index (χ4n) is 2.61. The molecule has 1 aliphatic heterocycles. The number of hydrogen-bond acceptors (Lipinski definition) is 4. The number of carbonyl (C=O) groups excluding carboxylic acids is 2. The second kappa shape index (κ2) is 7.21. The number of rotatable bonds is 2. The van der Waals surface area contributed by atoms with Gasteiger partial charge in [0.25, 0.3) is 5.91 Å². The largest absolute Gasteiger partial charge is 0.444 e. The van der Waals surface area contributed by atoms with Gasteiger partial charge in [0, 0.05) is 39.3 Å². The first-order valence-corrected chi connectivity index (χ1v) is 8.20. The van der Waals surface area contributed by atoms with E-state index in [1.165, 1.54) is 0 Å². The molecule has 132 valence electrons. The van der Waals surface area contributed by atoms with Crippen LogP contribution in [0.2, 0.25) is 0 Å². The van der Waals surface area contributed by atoms with Crippen molar-refractivity contribution in [3.05, 3.63) is 35.4 Å². The van der Waals surface area contributed by atoms with E-state index in [9.17, 15) is 9.59 Å². The van der Waals surface area contributed by atoms with Crippen molar-refractivity contribution in [3.8, 4) is 0 Å². The Morgan fingerprint density at radius 1 is 1.29 bits per heavy atom. The molecule has 0 aliphatic carbocycles. The Bertz CT molecular complexity index is 608. The molecule has 1 heterocycles. The molecule has 6 heteroatoms. The Morgan fingerprint density at radius 3 is 2.62 bits per heavy atom. The average Bonchev–Trinajstić information content (AvgIpc) is 2.52. The van der Waals surface area contributed by atoms with Gasteiger partial charge in [0.1, 0.15) is 5.60 Å². The van der Waals surface area contributed by atoms with E-state index in [-0.39, 0.29) is 18.0 Å². The molecule has 0 spiro atoms. The van der Waals surface area contributed by atoms with Gasteiger partial charge in [-0.2, -0.15) is 0 Å². The number of hydrogen-bond donors (Lipinski definition) is 1. The van der Waals surface area contributed by atoms with Crippen LogP contribution in [0.4, 0.5) is 4.79 Å². The molecule has 0 radical (unpaired) electrons. The zero-order chi connectivity index (χ0) is 17.9. The van der Waals surface area contributed by atoms with E-state index < -0.39 is 5.60 Å². The SMILES string of the molecule is CN(C)C(=O)c1cccc([C@@H]2CN(C(=O)OC(C)(C)C)CCN2)c1. The van der Waals surface area contributed by atoms with Crippen molar-refractivity contribution in [2.45, 2.75) is 32.4 Å². The van der Waals surface area contributed by atoms with Crippen LogP contribution in [0.5, 0.6) is 0 Å². The van der Waals surface area contributed by atoms with E-state index in [0.29, 0.717) is 25.2 Å². The molecule has 0 bridgehead atoms. The molecule has 6 nitrogen and oxygen atoms in total. The fraction of sp³-hybridized carbons (Fsp3) is 0.556. The van der Waals surface area contributed by atoms with Gasteiger partial charge in [-0.05, 0) is 38.5 Å². The van der Waals surface area contributed by atoms with Gasteiger partial charge in [0.05, 0.1) is 6.04 Å². The molecule has 0 saturated carbocycles. The summed E-state index contributed by atoms with van der Waals surface area (Å²) in [6.07, 6.45) is -0.297. The van der Waals surface area contributed by atoms with Crippen molar-refractivity contribution in [1.82, 2.24) is 15.1 Å². The highest BCUT2D eigenvalue weighted by Gasteiger charge is 2.28. The molecule has 0 aromatic heterocycles. The number of nitrogens with zero attached hydrogens (tertiary/aromatic N) is 2. The van der Waals surface area contributed by atoms with E-state index in [2.05, 4.69) is 5.32 Å². The Morgan fingerprint density at radius 2 is 2.00 bits per heavy atom. The van der Waals surface area contributed by atoms with Crippen LogP contribution in [0.3, 0.4) is 0 Å². The summed E-state index contributed by atoms with van der Waals surface area (Å²) in [6, 6.07) is 7.53. The Labute approximate surface area is 143 Å². The van der Waals surface area contributed by atoms with Crippen LogP contribution >= 0.6 is 0 Å². The van der Waals surface area contributed by atoms with E-state index in [0.717, 1.165) is 5.56 Å². The van der Waals surface area contributed by atoms with Gasteiger partial charge < -0.3 is 19.9 Å². The van der Waals surface area contributed by atoms with Gasteiger partial charge >= 0.3 is 6.09 Å². The lowest BCUT2D eigenvalue weighted by Gasteiger charge is -2.35. The number of nitrogens with one attached hydrogen (secondary N) is 1. The fourth-order valence-corrected chi connectivity index (χ4v) is 2.61. The predicted octanol–water partition coefficient (Wildman–Crippen LogP) is 2.27. The molecular weight excluding hydrogens is 306 g/mol. The third-order valence-corrected chi connectivity index (χ3v) is 3.77. The molecule has 2 amide bonds. The highest BCUT2D eigenvalue weighted by atomic mass is 16.6. The Hall–Kier alpha value is -2.08. The van der Waals surface area contributed by atoms with Crippen LogP contribution < -0.4 is 5.32 Å². The summed E-state index contributed by atoms with van der Waals surface area (Å²) in [5.74, 6) is -0.0309. The minimum Gasteiger partial charge on any atom is -0.444 e. The Kier molecular flexibility index (Phi) is 5.49. The van der Waals surface area contributed by atoms with Crippen molar-refractivity contribution < 1.29 is 14.3 Å². The maximum absolute atomic E-state index is 12.3. The number of ether oxygens (including phenoxy) is 1. The zero-order valence-corrected chi connectivity index (χ0v) is 15.1. The maximum Gasteiger partial charge on any atom is 0.410 e. The lowest BCUT2D eigenvalue weighted by Crippen LogP contribution is -2.49. The molecule has 1 N–H and O–H groups in total. The van der Waals surface area contributed by atoms with E-state index in [1.54, 1.807) is 30.0 Å². The van der Waals surface area contributed by atoms with Gasteiger partial charge in [0.15, 0.2) is 0 Å². The minimum absolute atomic E-state index is 0.0128. The quantitative estimate of drug-likeness (QED) is 0.902. The molecule has 1 aromatic rings. The third kappa shape index (κ3) is 4.71. The average molecular weight is 333 g/mol. The summed E-state index contributed by atoms with van der Waals surface area (Å²) in [7, 11) is 3.47.